The van der Waals surface area contributed by atoms with E-state index in [0.29, 0.717) is 30.9 Å². The Morgan fingerprint density at radius 3 is 2.52 bits per heavy atom. The summed E-state index contributed by atoms with van der Waals surface area (Å²) in [6, 6.07) is 5.59. The molecule has 0 aromatic heterocycles. The van der Waals surface area contributed by atoms with Gasteiger partial charge in [-0.15, -0.1) is 0 Å². The van der Waals surface area contributed by atoms with Crippen LogP contribution >= 0.6 is 0 Å². The van der Waals surface area contributed by atoms with E-state index in [0.717, 1.165) is 5.56 Å². The lowest BCUT2D eigenvalue weighted by molar-refractivity contribution is -0.140. The molecule has 2 unspecified atom stereocenters. The van der Waals surface area contributed by atoms with E-state index < -0.39 is 11.9 Å². The molecule has 0 bridgehead atoms. The van der Waals surface area contributed by atoms with Crippen molar-refractivity contribution in [3.8, 4) is 11.5 Å². The van der Waals surface area contributed by atoms with E-state index in [2.05, 4.69) is 5.32 Å². The lowest BCUT2D eigenvalue weighted by Gasteiger charge is -2.10. The highest BCUT2D eigenvalue weighted by Gasteiger charge is 2.48. The van der Waals surface area contributed by atoms with Crippen LogP contribution in [-0.4, -0.2) is 37.7 Å². The quantitative estimate of drug-likeness (QED) is 0.786. The van der Waals surface area contributed by atoms with Crippen molar-refractivity contribution in [2.75, 3.05) is 20.8 Å². The molecule has 1 aromatic carbocycles. The van der Waals surface area contributed by atoms with Crippen molar-refractivity contribution < 1.29 is 24.2 Å². The number of carbonyl (C=O) groups is 2. The molecule has 1 fully saturated rings. The summed E-state index contributed by atoms with van der Waals surface area (Å²) in [6.07, 6.45) is 1.09. The van der Waals surface area contributed by atoms with Gasteiger partial charge in [0.2, 0.25) is 5.91 Å². The SMILES string of the molecule is COc1ccc(CCNC(=O)C2CC2C(=O)O)cc1OC. The van der Waals surface area contributed by atoms with Crippen LogP contribution in [0.25, 0.3) is 0 Å². The minimum atomic E-state index is -0.893. The molecule has 1 saturated carbocycles. The fraction of sp³-hybridized carbons (Fsp3) is 0.467. The van der Waals surface area contributed by atoms with Gasteiger partial charge in [-0.3, -0.25) is 9.59 Å². The number of amides is 1. The van der Waals surface area contributed by atoms with E-state index in [1.54, 1.807) is 14.2 Å². The second-order valence-electron chi connectivity index (χ2n) is 5.02. The molecule has 0 spiro atoms. The Hall–Kier alpha value is -2.24. The van der Waals surface area contributed by atoms with E-state index in [4.69, 9.17) is 14.6 Å². The smallest absolute Gasteiger partial charge is 0.307 e. The molecular weight excluding hydrogens is 274 g/mol. The highest BCUT2D eigenvalue weighted by molar-refractivity contribution is 5.89. The number of rotatable bonds is 7. The summed E-state index contributed by atoms with van der Waals surface area (Å²) in [5.41, 5.74) is 1.01. The maximum atomic E-state index is 11.7. The van der Waals surface area contributed by atoms with Crippen molar-refractivity contribution in [1.82, 2.24) is 5.32 Å². The number of methoxy groups -OCH3 is 2. The number of ether oxygens (including phenoxy) is 2. The van der Waals surface area contributed by atoms with Gasteiger partial charge in [0.25, 0.3) is 0 Å². The molecule has 21 heavy (non-hydrogen) atoms. The molecular formula is C15H19NO5. The summed E-state index contributed by atoms with van der Waals surface area (Å²) in [7, 11) is 3.15. The summed E-state index contributed by atoms with van der Waals surface area (Å²) in [5, 5.41) is 11.5. The highest BCUT2D eigenvalue weighted by Crippen LogP contribution is 2.38. The van der Waals surface area contributed by atoms with Crippen LogP contribution < -0.4 is 14.8 Å². The Morgan fingerprint density at radius 1 is 1.24 bits per heavy atom. The van der Waals surface area contributed by atoms with Gasteiger partial charge in [0, 0.05) is 6.54 Å². The molecule has 1 aliphatic carbocycles. The van der Waals surface area contributed by atoms with Crippen LogP contribution in [-0.2, 0) is 16.0 Å². The summed E-state index contributed by atoms with van der Waals surface area (Å²) in [4.78, 5) is 22.4. The molecule has 2 rings (SSSR count). The van der Waals surface area contributed by atoms with Gasteiger partial charge in [-0.1, -0.05) is 6.07 Å². The monoisotopic (exact) mass is 293 g/mol. The van der Waals surface area contributed by atoms with Gasteiger partial charge < -0.3 is 19.9 Å². The number of carboxylic acid groups (broad SMARTS) is 1. The molecule has 0 aliphatic heterocycles. The lowest BCUT2D eigenvalue weighted by atomic mass is 10.1. The normalized spacial score (nSPS) is 19.7. The predicted octanol–water partition coefficient (Wildman–Crippen LogP) is 1.08. The zero-order chi connectivity index (χ0) is 15.4. The Bertz CT molecular complexity index is 543. The van der Waals surface area contributed by atoms with Gasteiger partial charge in [0.05, 0.1) is 26.1 Å². The highest BCUT2D eigenvalue weighted by atomic mass is 16.5. The third-order valence-electron chi connectivity index (χ3n) is 3.61. The fourth-order valence-corrected chi connectivity index (χ4v) is 2.25. The van der Waals surface area contributed by atoms with Gasteiger partial charge in [0.15, 0.2) is 11.5 Å². The standard InChI is InChI=1S/C15H19NO5/c1-20-12-4-3-9(7-13(12)21-2)5-6-16-14(17)10-8-11(10)15(18)19/h3-4,7,10-11H,5-6,8H2,1-2H3,(H,16,17)(H,18,19). The number of carboxylic acids is 1. The maximum Gasteiger partial charge on any atom is 0.307 e. The minimum Gasteiger partial charge on any atom is -0.493 e. The maximum absolute atomic E-state index is 11.7. The third-order valence-corrected chi connectivity index (χ3v) is 3.61. The molecule has 1 aromatic rings. The number of aliphatic carboxylic acids is 1. The predicted molar refractivity (Wildman–Crippen MR) is 75.5 cm³/mol. The molecule has 2 atom stereocenters. The van der Waals surface area contributed by atoms with Crippen molar-refractivity contribution in [3.63, 3.8) is 0 Å². The van der Waals surface area contributed by atoms with Gasteiger partial charge in [0.1, 0.15) is 0 Å². The first kappa shape index (κ1) is 15.2. The molecule has 2 N–H and O–H groups in total. The van der Waals surface area contributed by atoms with Gasteiger partial charge >= 0.3 is 5.97 Å². The summed E-state index contributed by atoms with van der Waals surface area (Å²) < 4.78 is 10.4. The molecule has 6 nitrogen and oxygen atoms in total. The zero-order valence-electron chi connectivity index (χ0n) is 12.1. The molecule has 0 radical (unpaired) electrons. The number of nitrogens with one attached hydrogen (secondary N) is 1. The van der Waals surface area contributed by atoms with Gasteiger partial charge in [-0.05, 0) is 30.5 Å². The second kappa shape index (κ2) is 6.47. The van der Waals surface area contributed by atoms with Crippen molar-refractivity contribution >= 4 is 11.9 Å². The average molecular weight is 293 g/mol. The molecule has 0 heterocycles. The Morgan fingerprint density at radius 2 is 1.95 bits per heavy atom. The molecule has 1 aliphatic rings. The van der Waals surface area contributed by atoms with Gasteiger partial charge in [-0.2, -0.15) is 0 Å². The van der Waals surface area contributed by atoms with Crippen molar-refractivity contribution in [2.24, 2.45) is 11.8 Å². The molecule has 0 saturated heterocycles. The Kier molecular flexibility index (Phi) is 4.67. The minimum absolute atomic E-state index is 0.178. The fourth-order valence-electron chi connectivity index (χ4n) is 2.25. The third kappa shape index (κ3) is 3.65. The number of hydrogen-bond donors (Lipinski definition) is 2. The van der Waals surface area contributed by atoms with E-state index in [-0.39, 0.29) is 11.8 Å². The van der Waals surface area contributed by atoms with Crippen molar-refractivity contribution in [2.45, 2.75) is 12.8 Å². The van der Waals surface area contributed by atoms with E-state index in [1.807, 2.05) is 18.2 Å². The largest absolute Gasteiger partial charge is 0.493 e. The average Bonchev–Trinajstić information content (AvgIpc) is 3.27. The van der Waals surface area contributed by atoms with Crippen LogP contribution in [0.15, 0.2) is 18.2 Å². The molecule has 6 heteroatoms. The van der Waals surface area contributed by atoms with Crippen LogP contribution in [0, 0.1) is 11.8 Å². The number of benzene rings is 1. The van der Waals surface area contributed by atoms with Crippen LogP contribution in [0.2, 0.25) is 0 Å². The second-order valence-corrected chi connectivity index (χ2v) is 5.02. The number of carbonyl (C=O) groups excluding carboxylic acids is 1. The molecule has 1 amide bonds. The first-order chi connectivity index (χ1) is 10.1. The summed E-state index contributed by atoms with van der Waals surface area (Å²) in [6.45, 7) is 0.469. The number of hydrogen-bond acceptors (Lipinski definition) is 4. The van der Waals surface area contributed by atoms with Crippen molar-refractivity contribution in [1.29, 1.82) is 0 Å². The van der Waals surface area contributed by atoms with E-state index in [9.17, 15) is 9.59 Å². The van der Waals surface area contributed by atoms with E-state index >= 15 is 0 Å². The molecule has 114 valence electrons. The Labute approximate surface area is 123 Å². The van der Waals surface area contributed by atoms with Crippen molar-refractivity contribution in [3.05, 3.63) is 23.8 Å². The zero-order valence-corrected chi connectivity index (χ0v) is 12.1. The first-order valence-corrected chi connectivity index (χ1v) is 6.78. The summed E-state index contributed by atoms with van der Waals surface area (Å²) in [5.74, 6) is -0.640. The Balaban J connectivity index is 1.81. The van der Waals surface area contributed by atoms with Crippen LogP contribution in [0.5, 0.6) is 11.5 Å². The van der Waals surface area contributed by atoms with Crippen LogP contribution in [0.3, 0.4) is 0 Å². The first-order valence-electron chi connectivity index (χ1n) is 6.78. The van der Waals surface area contributed by atoms with Crippen LogP contribution in [0.1, 0.15) is 12.0 Å². The van der Waals surface area contributed by atoms with E-state index in [1.165, 1.54) is 0 Å². The topological polar surface area (TPSA) is 84.9 Å². The lowest BCUT2D eigenvalue weighted by Crippen LogP contribution is -2.28. The summed E-state index contributed by atoms with van der Waals surface area (Å²) >= 11 is 0. The van der Waals surface area contributed by atoms with Crippen LogP contribution in [0.4, 0.5) is 0 Å². The van der Waals surface area contributed by atoms with Gasteiger partial charge in [-0.25, -0.2) is 0 Å².